The number of aromatic nitrogens is 5. The van der Waals surface area contributed by atoms with Crippen molar-refractivity contribution in [1.82, 2.24) is 35.0 Å². The Hall–Kier alpha value is -3.82. The van der Waals surface area contributed by atoms with E-state index in [1.807, 2.05) is 18.7 Å². The van der Waals surface area contributed by atoms with Crippen LogP contribution in [0.15, 0.2) is 24.5 Å². The number of morpholine rings is 1. The minimum atomic E-state index is -4.44. The summed E-state index contributed by atoms with van der Waals surface area (Å²) in [5.41, 5.74) is 2.24. The van der Waals surface area contributed by atoms with Gasteiger partial charge < -0.3 is 20.3 Å². The molecular formula is C31H39F5N8O3. The minimum Gasteiger partial charge on any atom is -0.375 e. The van der Waals surface area contributed by atoms with Crippen molar-refractivity contribution in [3.05, 3.63) is 41.6 Å². The molecule has 47 heavy (non-hydrogen) atoms. The fourth-order valence-electron chi connectivity index (χ4n) is 6.96. The minimum absolute atomic E-state index is 0.0260. The zero-order valence-electron chi connectivity index (χ0n) is 26.3. The van der Waals surface area contributed by atoms with Gasteiger partial charge in [0.2, 0.25) is 11.8 Å². The average molecular weight is 667 g/mol. The number of halogens is 5. The van der Waals surface area contributed by atoms with Crippen molar-refractivity contribution < 1.29 is 36.3 Å². The summed E-state index contributed by atoms with van der Waals surface area (Å²) < 4.78 is 77.9. The predicted molar refractivity (Wildman–Crippen MR) is 160 cm³/mol. The summed E-state index contributed by atoms with van der Waals surface area (Å²) in [5.74, 6) is -6.57. The largest absolute Gasteiger partial charge is 0.393 e. The molecule has 1 unspecified atom stereocenters. The van der Waals surface area contributed by atoms with Gasteiger partial charge in [-0.1, -0.05) is 0 Å². The monoisotopic (exact) mass is 666 g/mol. The lowest BCUT2D eigenvalue weighted by atomic mass is 9.81. The fourth-order valence-corrected chi connectivity index (χ4v) is 6.96. The maximum absolute atomic E-state index is 14.2. The molecule has 4 atom stereocenters. The van der Waals surface area contributed by atoms with Gasteiger partial charge in [-0.25, -0.2) is 18.3 Å². The second-order valence-electron chi connectivity index (χ2n) is 12.9. The number of carbonyl (C=O) groups is 2. The maximum Gasteiger partial charge on any atom is 0.393 e. The Balaban J connectivity index is 1.37. The molecule has 3 aromatic rings. The number of anilines is 1. The molecule has 2 amide bonds. The summed E-state index contributed by atoms with van der Waals surface area (Å²) in [6.07, 6.45) is -2.07. The van der Waals surface area contributed by atoms with Crippen LogP contribution < -0.4 is 15.5 Å². The topological polar surface area (TPSA) is 119 Å². The van der Waals surface area contributed by atoms with Gasteiger partial charge in [-0.05, 0) is 45.1 Å². The molecule has 2 saturated heterocycles. The Morgan fingerprint density at radius 1 is 1.26 bits per heavy atom. The van der Waals surface area contributed by atoms with Gasteiger partial charge in [0.05, 0.1) is 47.9 Å². The third-order valence-corrected chi connectivity index (χ3v) is 9.56. The first-order chi connectivity index (χ1) is 22.3. The quantitative estimate of drug-likeness (QED) is 0.344. The van der Waals surface area contributed by atoms with E-state index in [0.29, 0.717) is 54.7 Å². The van der Waals surface area contributed by atoms with Crippen molar-refractivity contribution in [3.8, 4) is 0 Å². The van der Waals surface area contributed by atoms with Crippen molar-refractivity contribution in [1.29, 1.82) is 0 Å². The molecule has 1 aliphatic carbocycles. The van der Waals surface area contributed by atoms with E-state index in [2.05, 4.69) is 15.7 Å². The van der Waals surface area contributed by atoms with Crippen LogP contribution in [0.1, 0.15) is 73.9 Å². The summed E-state index contributed by atoms with van der Waals surface area (Å²) in [5, 5.41) is 14.4. The van der Waals surface area contributed by atoms with Gasteiger partial charge >= 0.3 is 6.18 Å². The number of rotatable bonds is 8. The molecule has 0 aromatic carbocycles. The summed E-state index contributed by atoms with van der Waals surface area (Å²) >= 11 is 0. The highest BCUT2D eigenvalue weighted by Crippen LogP contribution is 2.42. The molecule has 16 heteroatoms. The first kappa shape index (κ1) is 33.1. The smallest absolute Gasteiger partial charge is 0.375 e. The summed E-state index contributed by atoms with van der Waals surface area (Å²) in [4.78, 5) is 33.1. The van der Waals surface area contributed by atoms with Gasteiger partial charge in [-0.15, -0.1) is 0 Å². The van der Waals surface area contributed by atoms with E-state index in [0.717, 1.165) is 0 Å². The highest BCUT2D eigenvalue weighted by Gasteiger charge is 2.45. The van der Waals surface area contributed by atoms with E-state index < -0.39 is 48.3 Å². The van der Waals surface area contributed by atoms with Crippen molar-refractivity contribution in [3.63, 3.8) is 0 Å². The Kier molecular flexibility index (Phi) is 9.15. The number of nitrogens with one attached hydrogen (secondary N) is 2. The van der Waals surface area contributed by atoms with Gasteiger partial charge in [-0.3, -0.25) is 14.3 Å². The fraction of sp³-hybridized carbons (Fsp3) is 0.645. The summed E-state index contributed by atoms with van der Waals surface area (Å²) in [6, 6.07) is 2.65. The molecule has 0 bridgehead atoms. The first-order valence-corrected chi connectivity index (χ1v) is 16.1. The predicted octanol–water partition coefficient (Wildman–Crippen LogP) is 4.32. The lowest BCUT2D eigenvalue weighted by Gasteiger charge is -2.35. The highest BCUT2D eigenvalue weighted by atomic mass is 19.4. The van der Waals surface area contributed by atoms with Crippen LogP contribution in [0.5, 0.6) is 0 Å². The molecule has 5 heterocycles. The second kappa shape index (κ2) is 13.0. The number of amides is 2. The highest BCUT2D eigenvalue weighted by molar-refractivity contribution is 5.92. The molecular weight excluding hydrogens is 627 g/mol. The van der Waals surface area contributed by atoms with Gasteiger partial charge in [-0.2, -0.15) is 23.4 Å². The number of alkyl halides is 5. The molecule has 11 nitrogen and oxygen atoms in total. The number of carbonyl (C=O) groups excluding carboxylic acids is 2. The van der Waals surface area contributed by atoms with Crippen molar-refractivity contribution in [2.24, 2.45) is 17.8 Å². The standard InChI is InChI=1S/C31H39F5N8O3/c1-3-43-24(6-9-38-43)29(46)40-27(19-4-7-30(32,33)8-5-19)23-17-44-26(39-23)14-25(42-10-11-47-18(2)16-42)22(41-44)13-20-12-21(31(34,35)36)15-37-28(20)45/h6,9,14,17-21,27H,3-5,7-8,10-13,15-16H2,1-2H3,(H,37,45)(H,40,46)/t18?,20-,21-,27+/m1/s1. The molecule has 3 aliphatic rings. The molecule has 2 N–H and O–H groups in total. The number of imidazole rings is 1. The lowest BCUT2D eigenvalue weighted by molar-refractivity contribution is -0.183. The number of hydrogen-bond donors (Lipinski definition) is 2. The average Bonchev–Trinajstić information content (AvgIpc) is 3.67. The molecule has 1 saturated carbocycles. The van der Waals surface area contributed by atoms with Crippen LogP contribution in [0, 0.1) is 17.8 Å². The number of aryl methyl sites for hydroxylation is 1. The van der Waals surface area contributed by atoms with Gasteiger partial charge in [0.15, 0.2) is 5.65 Å². The molecule has 3 fully saturated rings. The number of fused-ring (bicyclic) bond motifs is 1. The van der Waals surface area contributed by atoms with E-state index in [4.69, 9.17) is 14.8 Å². The summed E-state index contributed by atoms with van der Waals surface area (Å²) in [7, 11) is 0. The molecule has 0 spiro atoms. The third-order valence-electron chi connectivity index (χ3n) is 9.56. The Morgan fingerprint density at radius 3 is 2.72 bits per heavy atom. The van der Waals surface area contributed by atoms with Crippen LogP contribution in [0.2, 0.25) is 0 Å². The van der Waals surface area contributed by atoms with E-state index in [1.165, 1.54) is 10.7 Å². The number of hydrogen-bond acceptors (Lipinski definition) is 7. The van der Waals surface area contributed by atoms with Crippen LogP contribution in [0.3, 0.4) is 0 Å². The molecule has 0 radical (unpaired) electrons. The third kappa shape index (κ3) is 7.21. The van der Waals surface area contributed by atoms with Gasteiger partial charge in [0, 0.05) is 63.6 Å². The lowest BCUT2D eigenvalue weighted by Crippen LogP contribution is -2.47. The van der Waals surface area contributed by atoms with Crippen LogP contribution in [0.25, 0.3) is 5.65 Å². The zero-order valence-corrected chi connectivity index (χ0v) is 26.3. The zero-order chi connectivity index (χ0) is 33.5. The maximum atomic E-state index is 14.2. The van der Waals surface area contributed by atoms with Gasteiger partial charge in [0.25, 0.3) is 5.91 Å². The molecule has 6 rings (SSSR count). The van der Waals surface area contributed by atoms with E-state index in [-0.39, 0.29) is 50.5 Å². The SMILES string of the molecule is CCn1nccc1C(=O)N[C@H](c1cn2nc(C[C@H]3C[C@@H](C(F)(F)F)CNC3=O)c(N3CCOC(C)C3)cc2n1)C1CCC(F)(F)CC1. The van der Waals surface area contributed by atoms with Crippen molar-refractivity contribution in [2.75, 3.05) is 31.1 Å². The number of ether oxygens (including phenoxy) is 1. The normalized spacial score (nSPS) is 24.7. The van der Waals surface area contributed by atoms with Crippen molar-refractivity contribution in [2.45, 2.75) is 83.2 Å². The van der Waals surface area contributed by atoms with Crippen LogP contribution in [0.4, 0.5) is 27.6 Å². The Bertz CT molecular complexity index is 1600. The molecule has 2 aliphatic heterocycles. The van der Waals surface area contributed by atoms with Gasteiger partial charge in [0.1, 0.15) is 5.69 Å². The molecule has 3 aromatic heterocycles. The number of piperidine rings is 1. The summed E-state index contributed by atoms with van der Waals surface area (Å²) in [6.45, 7) is 5.21. The van der Waals surface area contributed by atoms with Crippen LogP contribution in [-0.4, -0.2) is 80.6 Å². The van der Waals surface area contributed by atoms with Crippen LogP contribution >= 0.6 is 0 Å². The first-order valence-electron chi connectivity index (χ1n) is 16.1. The molecule has 256 valence electrons. The van der Waals surface area contributed by atoms with E-state index >= 15 is 0 Å². The number of nitrogens with zero attached hydrogens (tertiary/aromatic N) is 6. The van der Waals surface area contributed by atoms with E-state index in [1.54, 1.807) is 23.0 Å². The van der Waals surface area contributed by atoms with Crippen molar-refractivity contribution >= 4 is 23.1 Å². The van der Waals surface area contributed by atoms with Crippen LogP contribution in [-0.2, 0) is 22.5 Å². The Labute approximate surface area is 268 Å². The second-order valence-corrected chi connectivity index (χ2v) is 12.9. The van der Waals surface area contributed by atoms with E-state index in [9.17, 15) is 31.5 Å². The Morgan fingerprint density at radius 2 is 2.02 bits per heavy atom.